The zero-order chi connectivity index (χ0) is 17.4. The third-order valence-corrected chi connectivity index (χ3v) is 3.70. The minimum Gasteiger partial charge on any atom is -0.265 e. The molecule has 4 rings (SSSR count). The number of hydrogen-bond donors (Lipinski definition) is 0. The van der Waals surface area contributed by atoms with E-state index in [1.165, 1.54) is 10.7 Å². The first-order valence-corrected chi connectivity index (χ1v) is 7.31. The largest absolute Gasteiger partial charge is 0.435 e. The molecule has 3 heterocycles. The number of hydrogen-bond acceptors (Lipinski definition) is 4. The topological polar surface area (TPSA) is 56.0 Å². The molecule has 0 bridgehead atoms. The average molecular weight is 341 g/mol. The first kappa shape index (κ1) is 15.3. The van der Waals surface area contributed by atoms with Crippen LogP contribution < -0.4 is 0 Å². The summed E-state index contributed by atoms with van der Waals surface area (Å²) in [5.74, 6) is -0.0980. The van der Waals surface area contributed by atoms with Crippen molar-refractivity contribution in [1.29, 1.82) is 0 Å². The number of aromatic nitrogens is 5. The van der Waals surface area contributed by atoms with Gasteiger partial charge in [0, 0.05) is 18.0 Å². The fourth-order valence-electron chi connectivity index (χ4n) is 2.51. The van der Waals surface area contributed by atoms with Crippen LogP contribution >= 0.6 is 0 Å². The fourth-order valence-corrected chi connectivity index (χ4v) is 2.51. The van der Waals surface area contributed by atoms with Gasteiger partial charge >= 0.3 is 6.18 Å². The highest BCUT2D eigenvalue weighted by Gasteiger charge is 2.33. The summed E-state index contributed by atoms with van der Waals surface area (Å²) in [7, 11) is 0. The van der Waals surface area contributed by atoms with Crippen LogP contribution in [0, 0.1) is 0 Å². The fraction of sp³-hybridized carbons (Fsp3) is 0.0588. The van der Waals surface area contributed by atoms with E-state index in [4.69, 9.17) is 0 Å². The van der Waals surface area contributed by atoms with Gasteiger partial charge in [-0.1, -0.05) is 18.2 Å². The molecule has 0 saturated heterocycles. The van der Waals surface area contributed by atoms with Crippen LogP contribution in [0.5, 0.6) is 0 Å². The van der Waals surface area contributed by atoms with Crippen LogP contribution in [0.1, 0.15) is 5.69 Å². The monoisotopic (exact) mass is 341 g/mol. The highest BCUT2D eigenvalue weighted by atomic mass is 19.4. The number of imidazole rings is 1. The van der Waals surface area contributed by atoms with Crippen LogP contribution in [0.15, 0.2) is 61.2 Å². The Hall–Kier alpha value is -3.29. The van der Waals surface area contributed by atoms with Gasteiger partial charge < -0.3 is 0 Å². The minimum atomic E-state index is -4.55. The number of pyridine rings is 1. The first-order chi connectivity index (χ1) is 12.0. The minimum absolute atomic E-state index is 0.0980. The van der Waals surface area contributed by atoms with E-state index in [-0.39, 0.29) is 5.78 Å². The lowest BCUT2D eigenvalue weighted by atomic mass is 10.0. The maximum absolute atomic E-state index is 12.7. The number of nitrogens with zero attached hydrogens (tertiary/aromatic N) is 5. The van der Waals surface area contributed by atoms with Crippen molar-refractivity contribution in [2.45, 2.75) is 6.18 Å². The van der Waals surface area contributed by atoms with Gasteiger partial charge in [0.15, 0.2) is 5.69 Å². The van der Waals surface area contributed by atoms with Crippen molar-refractivity contribution in [2.75, 3.05) is 0 Å². The molecule has 25 heavy (non-hydrogen) atoms. The average Bonchev–Trinajstić information content (AvgIpc) is 3.05. The Labute approximate surface area is 139 Å². The van der Waals surface area contributed by atoms with Crippen LogP contribution in [0.25, 0.3) is 28.2 Å². The molecule has 0 amide bonds. The summed E-state index contributed by atoms with van der Waals surface area (Å²) < 4.78 is 39.5. The molecule has 0 aliphatic carbocycles. The molecule has 4 aromatic rings. The Balaban J connectivity index is 1.80. The van der Waals surface area contributed by atoms with E-state index < -0.39 is 11.9 Å². The maximum Gasteiger partial charge on any atom is 0.435 e. The third kappa shape index (κ3) is 2.82. The molecule has 0 N–H and O–H groups in total. The van der Waals surface area contributed by atoms with Gasteiger partial charge in [-0.2, -0.15) is 22.8 Å². The summed E-state index contributed by atoms with van der Waals surface area (Å²) in [6.45, 7) is 0. The van der Waals surface area contributed by atoms with Crippen molar-refractivity contribution < 1.29 is 13.2 Å². The molecule has 8 heteroatoms. The van der Waals surface area contributed by atoms with Crippen molar-refractivity contribution >= 4 is 5.78 Å². The summed E-state index contributed by atoms with van der Waals surface area (Å²) in [5, 5.41) is 3.85. The highest BCUT2D eigenvalue weighted by Crippen LogP contribution is 2.29. The van der Waals surface area contributed by atoms with Gasteiger partial charge in [-0.3, -0.25) is 4.98 Å². The number of benzene rings is 1. The van der Waals surface area contributed by atoms with Gasteiger partial charge in [0.05, 0.1) is 18.1 Å². The predicted molar refractivity (Wildman–Crippen MR) is 84.5 cm³/mol. The second kappa shape index (κ2) is 5.66. The van der Waals surface area contributed by atoms with E-state index in [0.717, 1.165) is 16.7 Å². The second-order valence-electron chi connectivity index (χ2n) is 5.31. The van der Waals surface area contributed by atoms with Crippen LogP contribution in [0.3, 0.4) is 0 Å². The molecular formula is C17H10F3N5. The molecule has 0 fully saturated rings. The smallest absolute Gasteiger partial charge is 0.265 e. The molecule has 1 aromatic carbocycles. The van der Waals surface area contributed by atoms with E-state index in [2.05, 4.69) is 20.1 Å². The molecule has 0 aliphatic rings. The lowest BCUT2D eigenvalue weighted by molar-refractivity contribution is -0.141. The highest BCUT2D eigenvalue weighted by molar-refractivity contribution is 5.71. The molecule has 0 atom stereocenters. The quantitative estimate of drug-likeness (QED) is 0.555. The molecule has 124 valence electrons. The van der Waals surface area contributed by atoms with Crippen molar-refractivity contribution in [2.24, 2.45) is 0 Å². The van der Waals surface area contributed by atoms with Crippen molar-refractivity contribution in [3.05, 3.63) is 66.9 Å². The Morgan fingerprint density at radius 1 is 0.880 bits per heavy atom. The SMILES string of the molecule is FC(F)(F)c1cnn2c(-c3cccc(-c4ccncc4)c3)cnc2n1. The van der Waals surface area contributed by atoms with Crippen LogP contribution in [0.2, 0.25) is 0 Å². The van der Waals surface area contributed by atoms with E-state index in [0.29, 0.717) is 11.9 Å². The van der Waals surface area contributed by atoms with Crippen molar-refractivity contribution in [3.63, 3.8) is 0 Å². The number of alkyl halides is 3. The van der Waals surface area contributed by atoms with Crippen LogP contribution in [0.4, 0.5) is 13.2 Å². The number of fused-ring (bicyclic) bond motifs is 1. The normalized spacial score (nSPS) is 11.8. The van der Waals surface area contributed by atoms with E-state index in [1.54, 1.807) is 12.4 Å². The summed E-state index contributed by atoms with van der Waals surface area (Å²) in [4.78, 5) is 11.5. The third-order valence-electron chi connectivity index (χ3n) is 3.70. The molecule has 5 nitrogen and oxygen atoms in total. The maximum atomic E-state index is 12.7. The Morgan fingerprint density at radius 3 is 2.40 bits per heavy atom. The summed E-state index contributed by atoms with van der Waals surface area (Å²) in [6, 6.07) is 11.3. The van der Waals surface area contributed by atoms with Crippen molar-refractivity contribution in [3.8, 4) is 22.4 Å². The summed E-state index contributed by atoms with van der Waals surface area (Å²) in [6.07, 6.45) is 0.995. The molecule has 0 aliphatic heterocycles. The van der Waals surface area contributed by atoms with E-state index >= 15 is 0 Å². The lowest BCUT2D eigenvalue weighted by Crippen LogP contribution is -2.11. The number of halogens is 3. The van der Waals surface area contributed by atoms with Crippen molar-refractivity contribution in [1.82, 2.24) is 24.6 Å². The zero-order valence-corrected chi connectivity index (χ0v) is 12.6. The summed E-state index contributed by atoms with van der Waals surface area (Å²) >= 11 is 0. The van der Waals surface area contributed by atoms with Crippen LogP contribution in [-0.4, -0.2) is 24.6 Å². The van der Waals surface area contributed by atoms with Gasteiger partial charge in [-0.25, -0.2) is 9.97 Å². The Bertz CT molecular complexity index is 1040. The zero-order valence-electron chi connectivity index (χ0n) is 12.6. The molecule has 0 spiro atoms. The lowest BCUT2D eigenvalue weighted by Gasteiger charge is -2.07. The van der Waals surface area contributed by atoms with Gasteiger partial charge in [0.2, 0.25) is 0 Å². The molecule has 0 radical (unpaired) electrons. The summed E-state index contributed by atoms with van der Waals surface area (Å²) in [5.41, 5.74) is 2.21. The molecule has 3 aromatic heterocycles. The molecular weight excluding hydrogens is 331 g/mol. The Morgan fingerprint density at radius 2 is 1.64 bits per heavy atom. The predicted octanol–water partition coefficient (Wildman–Crippen LogP) is 3.87. The van der Waals surface area contributed by atoms with Gasteiger partial charge in [0.1, 0.15) is 0 Å². The van der Waals surface area contributed by atoms with Crippen LogP contribution in [-0.2, 0) is 6.18 Å². The van der Waals surface area contributed by atoms with E-state index in [1.807, 2.05) is 36.4 Å². The second-order valence-corrected chi connectivity index (χ2v) is 5.31. The Kier molecular flexibility index (Phi) is 3.45. The van der Waals surface area contributed by atoms with Gasteiger partial charge in [0.25, 0.3) is 5.78 Å². The first-order valence-electron chi connectivity index (χ1n) is 7.31. The van der Waals surface area contributed by atoms with E-state index in [9.17, 15) is 13.2 Å². The molecule has 0 unspecified atom stereocenters. The van der Waals surface area contributed by atoms with Gasteiger partial charge in [-0.05, 0) is 29.3 Å². The number of rotatable bonds is 2. The van der Waals surface area contributed by atoms with Gasteiger partial charge in [-0.15, -0.1) is 0 Å². The molecule has 0 saturated carbocycles. The standard InChI is InChI=1S/C17H10F3N5/c18-17(19,20)15-10-23-25-14(9-22-16(25)24-15)13-3-1-2-12(8-13)11-4-6-21-7-5-11/h1-10H.